The van der Waals surface area contributed by atoms with Gasteiger partial charge >= 0.3 is 0 Å². The van der Waals surface area contributed by atoms with Gasteiger partial charge in [-0.1, -0.05) is 47.1 Å². The van der Waals surface area contributed by atoms with E-state index in [9.17, 15) is 0 Å². The highest BCUT2D eigenvalue weighted by molar-refractivity contribution is 6.33. The van der Waals surface area contributed by atoms with Crippen LogP contribution in [0.5, 0.6) is 0 Å². The van der Waals surface area contributed by atoms with E-state index in [2.05, 4.69) is 40.4 Å². The highest BCUT2D eigenvalue weighted by Gasteiger charge is 2.20. The first-order chi connectivity index (χ1) is 12.7. The summed E-state index contributed by atoms with van der Waals surface area (Å²) in [7, 11) is 0. The molecule has 0 unspecified atom stereocenters. The van der Waals surface area contributed by atoms with Crippen molar-refractivity contribution in [1.82, 2.24) is 10.1 Å². The maximum absolute atomic E-state index is 6.15. The number of rotatable bonds is 5. The molecule has 0 saturated carbocycles. The Morgan fingerprint density at radius 2 is 1.92 bits per heavy atom. The fraction of sp³-hybridized carbons (Fsp3) is 0.381. The van der Waals surface area contributed by atoms with Gasteiger partial charge in [0.05, 0.1) is 16.4 Å². The number of piperidine rings is 1. The number of nitrogens with zero attached hydrogens (tertiary/aromatic N) is 2. The summed E-state index contributed by atoms with van der Waals surface area (Å²) in [6.45, 7) is 3.39. The minimum absolute atomic E-state index is 0.535. The second kappa shape index (κ2) is 7.68. The van der Waals surface area contributed by atoms with Crippen LogP contribution in [-0.4, -0.2) is 23.1 Å². The van der Waals surface area contributed by atoms with Crippen LogP contribution < -0.4 is 5.73 Å². The van der Waals surface area contributed by atoms with Crippen LogP contribution in [-0.2, 0) is 13.0 Å². The van der Waals surface area contributed by atoms with Gasteiger partial charge in [-0.2, -0.15) is 0 Å². The number of halogens is 1. The molecule has 26 heavy (non-hydrogen) atoms. The van der Waals surface area contributed by atoms with Gasteiger partial charge < -0.3 is 10.3 Å². The molecule has 1 saturated heterocycles. The van der Waals surface area contributed by atoms with Gasteiger partial charge in [-0.15, -0.1) is 0 Å². The van der Waals surface area contributed by atoms with Crippen LogP contribution in [0.1, 0.15) is 30.5 Å². The van der Waals surface area contributed by atoms with E-state index in [4.69, 9.17) is 21.9 Å². The number of likely N-dealkylation sites (tertiary alicyclic amines) is 1. The van der Waals surface area contributed by atoms with E-state index in [1.54, 1.807) is 6.07 Å². The Labute approximate surface area is 158 Å². The Hall–Kier alpha value is -2.04. The Bertz CT molecular complexity index is 870. The Kier molecular flexibility index (Phi) is 5.14. The van der Waals surface area contributed by atoms with Crippen LogP contribution in [0.25, 0.3) is 11.0 Å². The SMILES string of the molecule is Nc1cc2onc(CCC3CCN(Cc4ccccc4)CC3)c2cc1Cl. The average molecular weight is 370 g/mol. The van der Waals surface area contributed by atoms with Crippen molar-refractivity contribution in [2.75, 3.05) is 18.8 Å². The minimum Gasteiger partial charge on any atom is -0.397 e. The smallest absolute Gasteiger partial charge is 0.169 e. The Morgan fingerprint density at radius 3 is 2.69 bits per heavy atom. The molecule has 4 rings (SSSR count). The Balaban J connectivity index is 1.31. The fourth-order valence-corrected chi connectivity index (χ4v) is 3.98. The first-order valence-electron chi connectivity index (χ1n) is 9.28. The molecule has 0 radical (unpaired) electrons. The minimum atomic E-state index is 0.535. The van der Waals surface area contributed by atoms with Gasteiger partial charge in [-0.3, -0.25) is 4.90 Å². The van der Waals surface area contributed by atoms with E-state index in [0.29, 0.717) is 10.7 Å². The number of fused-ring (bicyclic) bond motifs is 1. The van der Waals surface area contributed by atoms with Crippen LogP contribution in [0.3, 0.4) is 0 Å². The summed E-state index contributed by atoms with van der Waals surface area (Å²) in [5.41, 5.74) is 9.48. The van der Waals surface area contributed by atoms with Crippen molar-refractivity contribution >= 4 is 28.3 Å². The van der Waals surface area contributed by atoms with E-state index >= 15 is 0 Å². The number of anilines is 1. The van der Waals surface area contributed by atoms with Crippen LogP contribution in [0.2, 0.25) is 5.02 Å². The van der Waals surface area contributed by atoms with Crippen LogP contribution >= 0.6 is 11.6 Å². The fourth-order valence-electron chi connectivity index (χ4n) is 3.82. The van der Waals surface area contributed by atoms with Crippen LogP contribution in [0, 0.1) is 5.92 Å². The third-order valence-electron chi connectivity index (χ3n) is 5.41. The summed E-state index contributed by atoms with van der Waals surface area (Å²) in [6, 6.07) is 14.4. The molecule has 0 amide bonds. The van der Waals surface area contributed by atoms with Crippen molar-refractivity contribution in [2.24, 2.45) is 5.92 Å². The topological polar surface area (TPSA) is 55.3 Å². The lowest BCUT2D eigenvalue weighted by molar-refractivity contribution is 0.172. The normalized spacial score (nSPS) is 16.3. The first-order valence-corrected chi connectivity index (χ1v) is 9.66. The molecule has 0 atom stereocenters. The number of hydrogen-bond acceptors (Lipinski definition) is 4. The van der Waals surface area contributed by atoms with Crippen LogP contribution in [0.15, 0.2) is 47.0 Å². The zero-order chi connectivity index (χ0) is 17.9. The molecule has 1 aliphatic rings. The molecule has 2 N–H and O–H groups in total. The lowest BCUT2D eigenvalue weighted by Crippen LogP contribution is -2.33. The second-order valence-corrected chi connectivity index (χ2v) is 7.65. The van der Waals surface area contributed by atoms with E-state index in [0.717, 1.165) is 42.0 Å². The Morgan fingerprint density at radius 1 is 1.15 bits per heavy atom. The van der Waals surface area contributed by atoms with Gasteiger partial charge in [0.2, 0.25) is 0 Å². The van der Waals surface area contributed by atoms with Crippen molar-refractivity contribution in [3.63, 3.8) is 0 Å². The van der Waals surface area contributed by atoms with Gasteiger partial charge in [-0.05, 0) is 56.3 Å². The van der Waals surface area contributed by atoms with Gasteiger partial charge in [0.25, 0.3) is 0 Å². The van der Waals surface area contributed by atoms with Crippen LogP contribution in [0.4, 0.5) is 5.69 Å². The van der Waals surface area contributed by atoms with Crippen molar-refractivity contribution in [1.29, 1.82) is 0 Å². The molecular weight excluding hydrogens is 346 g/mol. The molecule has 2 heterocycles. The maximum atomic E-state index is 6.15. The van der Waals surface area contributed by atoms with Gasteiger partial charge in [0.15, 0.2) is 5.58 Å². The third kappa shape index (κ3) is 3.87. The summed E-state index contributed by atoms with van der Waals surface area (Å²) in [6.07, 6.45) is 4.56. The molecule has 5 heteroatoms. The second-order valence-electron chi connectivity index (χ2n) is 7.24. The van der Waals surface area contributed by atoms with E-state index in [-0.39, 0.29) is 0 Å². The first kappa shape index (κ1) is 17.4. The average Bonchev–Trinajstić information content (AvgIpc) is 3.04. The van der Waals surface area contributed by atoms with Gasteiger partial charge in [-0.25, -0.2) is 0 Å². The number of aryl methyl sites for hydroxylation is 1. The molecule has 2 aromatic carbocycles. The highest BCUT2D eigenvalue weighted by Crippen LogP contribution is 2.30. The van der Waals surface area contributed by atoms with E-state index < -0.39 is 0 Å². The lowest BCUT2D eigenvalue weighted by atomic mass is 9.91. The lowest BCUT2D eigenvalue weighted by Gasteiger charge is -2.31. The number of benzene rings is 2. The monoisotopic (exact) mass is 369 g/mol. The van der Waals surface area contributed by atoms with Crippen molar-refractivity contribution in [3.8, 4) is 0 Å². The number of nitrogen functional groups attached to an aromatic ring is 1. The van der Waals surface area contributed by atoms with Crippen molar-refractivity contribution in [3.05, 3.63) is 58.7 Å². The van der Waals surface area contributed by atoms with Gasteiger partial charge in [0, 0.05) is 18.0 Å². The molecule has 1 fully saturated rings. The third-order valence-corrected chi connectivity index (χ3v) is 5.74. The number of nitrogens with two attached hydrogens (primary N) is 1. The number of hydrogen-bond donors (Lipinski definition) is 1. The molecule has 0 bridgehead atoms. The zero-order valence-corrected chi connectivity index (χ0v) is 15.6. The standard InChI is InChI=1S/C21H24ClN3O/c22-18-12-17-20(24-26-21(17)13-19(18)23)7-6-15-8-10-25(11-9-15)14-16-4-2-1-3-5-16/h1-5,12-13,15H,6-11,14,23H2. The summed E-state index contributed by atoms with van der Waals surface area (Å²) >= 11 is 6.15. The summed E-state index contributed by atoms with van der Waals surface area (Å²) in [5.74, 6) is 0.748. The highest BCUT2D eigenvalue weighted by atomic mass is 35.5. The predicted octanol–water partition coefficient (Wildman–Crippen LogP) is 4.91. The predicted molar refractivity (Wildman–Crippen MR) is 106 cm³/mol. The molecule has 0 aliphatic carbocycles. The molecule has 1 aliphatic heterocycles. The van der Waals surface area contributed by atoms with Gasteiger partial charge in [0.1, 0.15) is 0 Å². The van der Waals surface area contributed by atoms with Crippen molar-refractivity contribution in [2.45, 2.75) is 32.2 Å². The number of aromatic nitrogens is 1. The maximum Gasteiger partial charge on any atom is 0.169 e. The zero-order valence-electron chi connectivity index (χ0n) is 14.8. The molecule has 0 spiro atoms. The molecule has 4 nitrogen and oxygen atoms in total. The quantitative estimate of drug-likeness (QED) is 0.649. The summed E-state index contributed by atoms with van der Waals surface area (Å²) in [4.78, 5) is 2.56. The summed E-state index contributed by atoms with van der Waals surface area (Å²) < 4.78 is 5.41. The molecule has 1 aromatic heterocycles. The summed E-state index contributed by atoms with van der Waals surface area (Å²) in [5, 5.41) is 5.79. The molecule has 136 valence electrons. The molecule has 3 aromatic rings. The largest absolute Gasteiger partial charge is 0.397 e. The van der Waals surface area contributed by atoms with Crippen molar-refractivity contribution < 1.29 is 4.52 Å². The van der Waals surface area contributed by atoms with E-state index in [1.165, 1.54) is 31.5 Å². The van der Waals surface area contributed by atoms with E-state index in [1.807, 2.05) is 6.07 Å². The molecular formula is C21H24ClN3O.